The van der Waals surface area contributed by atoms with Gasteiger partial charge in [0.25, 0.3) is 0 Å². The lowest BCUT2D eigenvalue weighted by molar-refractivity contribution is -0.116. The Labute approximate surface area is 108 Å². The highest BCUT2D eigenvalue weighted by molar-refractivity contribution is 5.92. The van der Waals surface area contributed by atoms with Crippen molar-refractivity contribution in [3.8, 4) is 5.75 Å². The van der Waals surface area contributed by atoms with Crippen LogP contribution >= 0.6 is 0 Å². The molecule has 2 N–H and O–H groups in total. The zero-order valence-electron chi connectivity index (χ0n) is 11.0. The largest absolute Gasteiger partial charge is 0.495 e. The predicted molar refractivity (Wildman–Crippen MR) is 72.0 cm³/mol. The molecule has 1 aromatic carbocycles. The number of nitrogens with one attached hydrogen (secondary N) is 2. The summed E-state index contributed by atoms with van der Waals surface area (Å²) in [4.78, 5) is 11.8. The zero-order valence-corrected chi connectivity index (χ0v) is 11.0. The van der Waals surface area contributed by atoms with Crippen molar-refractivity contribution in [3.05, 3.63) is 23.8 Å². The molecule has 1 aliphatic carbocycles. The Morgan fingerprint density at radius 1 is 1.44 bits per heavy atom. The van der Waals surface area contributed by atoms with Crippen molar-refractivity contribution in [1.29, 1.82) is 0 Å². The van der Waals surface area contributed by atoms with Crippen molar-refractivity contribution < 1.29 is 9.53 Å². The molecule has 0 heterocycles. The quantitative estimate of drug-likeness (QED) is 0.810. The summed E-state index contributed by atoms with van der Waals surface area (Å²) in [6.07, 6.45) is 2.98. The first-order chi connectivity index (χ1) is 8.69. The molecular formula is C14H20N2O2. The molecule has 0 saturated heterocycles. The fraction of sp³-hybridized carbons (Fsp3) is 0.500. The van der Waals surface area contributed by atoms with E-state index in [1.165, 1.54) is 12.8 Å². The Balaban J connectivity index is 1.86. The van der Waals surface area contributed by atoms with Crippen LogP contribution in [0.15, 0.2) is 18.2 Å². The SMILES string of the molecule is COc1ccc(C)cc1NC(=O)CCNC1CC1. The summed E-state index contributed by atoms with van der Waals surface area (Å²) in [5.74, 6) is 0.719. The average molecular weight is 248 g/mol. The number of amides is 1. The molecule has 0 radical (unpaired) electrons. The highest BCUT2D eigenvalue weighted by atomic mass is 16.5. The molecular weight excluding hydrogens is 228 g/mol. The number of ether oxygens (including phenoxy) is 1. The van der Waals surface area contributed by atoms with Gasteiger partial charge in [0.2, 0.25) is 5.91 Å². The number of aryl methyl sites for hydroxylation is 1. The molecule has 4 heteroatoms. The molecule has 1 fully saturated rings. The van der Waals surface area contributed by atoms with Gasteiger partial charge in [0.1, 0.15) is 5.75 Å². The molecule has 0 bridgehead atoms. The summed E-state index contributed by atoms with van der Waals surface area (Å²) < 4.78 is 5.22. The lowest BCUT2D eigenvalue weighted by atomic mass is 10.2. The van der Waals surface area contributed by atoms with E-state index in [0.29, 0.717) is 18.2 Å². The molecule has 0 aromatic heterocycles. The maximum absolute atomic E-state index is 11.8. The number of carbonyl (C=O) groups is 1. The molecule has 4 nitrogen and oxygen atoms in total. The topological polar surface area (TPSA) is 50.4 Å². The second kappa shape index (κ2) is 5.87. The van der Waals surface area contributed by atoms with E-state index in [1.54, 1.807) is 7.11 Å². The van der Waals surface area contributed by atoms with Gasteiger partial charge in [-0.1, -0.05) is 6.07 Å². The summed E-state index contributed by atoms with van der Waals surface area (Å²) in [5, 5.41) is 6.21. The highest BCUT2D eigenvalue weighted by Crippen LogP contribution is 2.25. The van der Waals surface area contributed by atoms with Crippen molar-refractivity contribution >= 4 is 11.6 Å². The lowest BCUT2D eigenvalue weighted by Gasteiger charge is -2.11. The van der Waals surface area contributed by atoms with Crippen LogP contribution in [0.1, 0.15) is 24.8 Å². The molecule has 0 unspecified atom stereocenters. The summed E-state index contributed by atoms with van der Waals surface area (Å²) in [6, 6.07) is 6.40. The fourth-order valence-electron chi connectivity index (χ4n) is 1.81. The van der Waals surface area contributed by atoms with Gasteiger partial charge in [-0.3, -0.25) is 4.79 Å². The standard InChI is InChI=1S/C14H20N2O2/c1-10-3-6-13(18-2)12(9-10)16-14(17)7-8-15-11-4-5-11/h3,6,9,11,15H,4-5,7-8H2,1-2H3,(H,16,17). The van der Waals surface area contributed by atoms with Crippen molar-refractivity contribution in [3.63, 3.8) is 0 Å². The molecule has 1 amide bonds. The Morgan fingerprint density at radius 3 is 2.89 bits per heavy atom. The number of rotatable bonds is 6. The van der Waals surface area contributed by atoms with E-state index in [4.69, 9.17) is 4.74 Å². The molecule has 1 aromatic rings. The van der Waals surface area contributed by atoms with E-state index in [0.717, 1.165) is 17.8 Å². The highest BCUT2D eigenvalue weighted by Gasteiger charge is 2.20. The molecule has 1 aliphatic rings. The number of benzene rings is 1. The van der Waals surface area contributed by atoms with Crippen molar-refractivity contribution in [2.75, 3.05) is 19.0 Å². The van der Waals surface area contributed by atoms with Gasteiger partial charge >= 0.3 is 0 Å². The van der Waals surface area contributed by atoms with Crippen LogP contribution in [0.3, 0.4) is 0 Å². The van der Waals surface area contributed by atoms with Crippen LogP contribution in [0.2, 0.25) is 0 Å². The zero-order chi connectivity index (χ0) is 13.0. The number of hydrogen-bond acceptors (Lipinski definition) is 3. The van der Waals surface area contributed by atoms with Crippen LogP contribution in [0, 0.1) is 6.92 Å². The van der Waals surface area contributed by atoms with Gasteiger partial charge in [-0.05, 0) is 37.5 Å². The van der Waals surface area contributed by atoms with Gasteiger partial charge in [0.15, 0.2) is 0 Å². The smallest absolute Gasteiger partial charge is 0.225 e. The van der Waals surface area contributed by atoms with Gasteiger partial charge in [-0.15, -0.1) is 0 Å². The third-order valence-electron chi connectivity index (χ3n) is 2.99. The maximum atomic E-state index is 11.8. The molecule has 18 heavy (non-hydrogen) atoms. The van der Waals surface area contributed by atoms with Crippen LogP contribution in [0.5, 0.6) is 5.75 Å². The molecule has 0 atom stereocenters. The number of hydrogen-bond donors (Lipinski definition) is 2. The van der Waals surface area contributed by atoms with Gasteiger partial charge in [0, 0.05) is 19.0 Å². The Morgan fingerprint density at radius 2 is 2.22 bits per heavy atom. The third kappa shape index (κ3) is 3.74. The van der Waals surface area contributed by atoms with E-state index in [9.17, 15) is 4.79 Å². The van der Waals surface area contributed by atoms with E-state index in [-0.39, 0.29) is 5.91 Å². The van der Waals surface area contributed by atoms with Gasteiger partial charge in [-0.2, -0.15) is 0 Å². The molecule has 1 saturated carbocycles. The first-order valence-electron chi connectivity index (χ1n) is 6.37. The Bertz CT molecular complexity index is 428. The molecule has 2 rings (SSSR count). The second-order valence-corrected chi connectivity index (χ2v) is 4.73. The van der Waals surface area contributed by atoms with Crippen LogP contribution in [-0.4, -0.2) is 25.6 Å². The van der Waals surface area contributed by atoms with Crippen molar-refractivity contribution in [2.45, 2.75) is 32.2 Å². The number of carbonyl (C=O) groups excluding carboxylic acids is 1. The predicted octanol–water partition coefficient (Wildman–Crippen LogP) is 2.08. The first kappa shape index (κ1) is 12.9. The summed E-state index contributed by atoms with van der Waals surface area (Å²) in [6.45, 7) is 2.73. The first-order valence-corrected chi connectivity index (χ1v) is 6.37. The fourth-order valence-corrected chi connectivity index (χ4v) is 1.81. The maximum Gasteiger partial charge on any atom is 0.225 e. The van der Waals surface area contributed by atoms with Crippen LogP contribution < -0.4 is 15.4 Å². The lowest BCUT2D eigenvalue weighted by Crippen LogP contribution is -2.23. The van der Waals surface area contributed by atoms with Crippen LogP contribution in [0.25, 0.3) is 0 Å². The summed E-state index contributed by atoms with van der Waals surface area (Å²) >= 11 is 0. The number of anilines is 1. The van der Waals surface area contributed by atoms with E-state index < -0.39 is 0 Å². The average Bonchev–Trinajstić information content (AvgIpc) is 3.13. The normalized spacial score (nSPS) is 14.3. The summed E-state index contributed by atoms with van der Waals surface area (Å²) in [5.41, 5.74) is 1.84. The van der Waals surface area contributed by atoms with Gasteiger partial charge < -0.3 is 15.4 Å². The van der Waals surface area contributed by atoms with E-state index in [2.05, 4.69) is 10.6 Å². The Kier molecular flexibility index (Phi) is 4.20. The minimum absolute atomic E-state index is 0.0204. The van der Waals surface area contributed by atoms with Crippen LogP contribution in [0.4, 0.5) is 5.69 Å². The van der Waals surface area contributed by atoms with Crippen molar-refractivity contribution in [2.24, 2.45) is 0 Å². The van der Waals surface area contributed by atoms with Crippen molar-refractivity contribution in [1.82, 2.24) is 5.32 Å². The van der Waals surface area contributed by atoms with Gasteiger partial charge in [-0.25, -0.2) is 0 Å². The minimum Gasteiger partial charge on any atom is -0.495 e. The molecule has 0 aliphatic heterocycles. The third-order valence-corrected chi connectivity index (χ3v) is 2.99. The van der Waals surface area contributed by atoms with Crippen LogP contribution in [-0.2, 0) is 4.79 Å². The Hall–Kier alpha value is -1.55. The van der Waals surface area contributed by atoms with E-state index in [1.807, 2.05) is 25.1 Å². The van der Waals surface area contributed by atoms with Gasteiger partial charge in [0.05, 0.1) is 12.8 Å². The van der Waals surface area contributed by atoms with E-state index >= 15 is 0 Å². The summed E-state index contributed by atoms with van der Waals surface area (Å²) in [7, 11) is 1.61. The molecule has 98 valence electrons. The molecule has 0 spiro atoms. The minimum atomic E-state index is 0.0204. The monoisotopic (exact) mass is 248 g/mol. The second-order valence-electron chi connectivity index (χ2n) is 4.73. The number of methoxy groups -OCH3 is 1.